The first-order chi connectivity index (χ1) is 12.6. The van der Waals surface area contributed by atoms with E-state index in [4.69, 9.17) is 4.74 Å². The van der Waals surface area contributed by atoms with E-state index in [0.717, 1.165) is 12.0 Å². The van der Waals surface area contributed by atoms with Gasteiger partial charge in [0.15, 0.2) is 6.10 Å². The Kier molecular flexibility index (Phi) is 6.69. The van der Waals surface area contributed by atoms with Gasteiger partial charge in [-0.1, -0.05) is 63.6 Å². The largest absolute Gasteiger partial charge is 0.481 e. The molecule has 1 amide bonds. The molecule has 0 aliphatic heterocycles. The van der Waals surface area contributed by atoms with E-state index < -0.39 is 6.10 Å². The van der Waals surface area contributed by atoms with Crippen molar-refractivity contribution in [1.82, 2.24) is 5.32 Å². The van der Waals surface area contributed by atoms with Gasteiger partial charge in [0.25, 0.3) is 5.91 Å². The van der Waals surface area contributed by atoms with Gasteiger partial charge in [-0.3, -0.25) is 4.79 Å². The maximum atomic E-state index is 12.7. The number of ether oxygens (including phenoxy) is 1. The smallest absolute Gasteiger partial charge is 0.261 e. The Morgan fingerprint density at radius 1 is 1.07 bits per heavy atom. The van der Waals surface area contributed by atoms with Crippen molar-refractivity contribution in [2.45, 2.75) is 72.4 Å². The standard InChI is InChI=1S/C24H33NO2/c1-8-22(21-14-9-16(2)15-17(21)3)25-23(26)18(4)27-20-12-10-19(11-13-20)24(5,6)7/h9-15,18,22H,8H2,1-7H3,(H,25,26)/t18-,22+/m0/s1. The lowest BCUT2D eigenvalue weighted by molar-refractivity contribution is -0.128. The average Bonchev–Trinajstić information content (AvgIpc) is 2.59. The Morgan fingerprint density at radius 3 is 2.22 bits per heavy atom. The number of amides is 1. The maximum Gasteiger partial charge on any atom is 0.261 e. The Labute approximate surface area is 164 Å². The van der Waals surface area contributed by atoms with E-state index in [1.807, 2.05) is 12.1 Å². The highest BCUT2D eigenvalue weighted by Gasteiger charge is 2.21. The zero-order valence-electron chi connectivity index (χ0n) is 17.7. The number of nitrogens with one attached hydrogen (secondary N) is 1. The number of rotatable bonds is 6. The van der Waals surface area contributed by atoms with Crippen LogP contribution in [0.15, 0.2) is 42.5 Å². The van der Waals surface area contributed by atoms with E-state index in [1.165, 1.54) is 16.7 Å². The van der Waals surface area contributed by atoms with Crippen molar-refractivity contribution in [1.29, 1.82) is 0 Å². The summed E-state index contributed by atoms with van der Waals surface area (Å²) in [7, 11) is 0. The van der Waals surface area contributed by atoms with Crippen LogP contribution in [0.1, 0.15) is 69.3 Å². The molecule has 2 rings (SSSR count). The van der Waals surface area contributed by atoms with E-state index in [-0.39, 0.29) is 17.4 Å². The minimum atomic E-state index is -0.551. The summed E-state index contributed by atoms with van der Waals surface area (Å²) in [6.07, 6.45) is 0.285. The predicted molar refractivity (Wildman–Crippen MR) is 112 cm³/mol. The number of carbonyl (C=O) groups excluding carboxylic acids is 1. The lowest BCUT2D eigenvalue weighted by atomic mass is 9.87. The molecule has 3 nitrogen and oxygen atoms in total. The lowest BCUT2D eigenvalue weighted by Crippen LogP contribution is -2.38. The molecular formula is C24H33NO2. The Bertz CT molecular complexity index is 772. The topological polar surface area (TPSA) is 38.3 Å². The first kappa shape index (κ1) is 21.0. The van der Waals surface area contributed by atoms with Gasteiger partial charge in [-0.05, 0) is 61.4 Å². The van der Waals surface area contributed by atoms with E-state index in [9.17, 15) is 4.79 Å². The Morgan fingerprint density at radius 2 is 1.70 bits per heavy atom. The van der Waals surface area contributed by atoms with Crippen molar-refractivity contribution in [2.24, 2.45) is 0 Å². The fourth-order valence-corrected chi connectivity index (χ4v) is 3.20. The third-order valence-electron chi connectivity index (χ3n) is 4.93. The van der Waals surface area contributed by atoms with Gasteiger partial charge in [0.05, 0.1) is 6.04 Å². The molecule has 0 saturated heterocycles. The van der Waals surface area contributed by atoms with E-state index in [2.05, 4.69) is 77.2 Å². The van der Waals surface area contributed by atoms with Gasteiger partial charge in [-0.15, -0.1) is 0 Å². The molecule has 1 N–H and O–H groups in total. The number of hydrogen-bond donors (Lipinski definition) is 1. The normalized spacial score (nSPS) is 13.7. The molecular weight excluding hydrogens is 334 g/mol. The summed E-state index contributed by atoms with van der Waals surface area (Å²) in [5.41, 5.74) is 4.94. The van der Waals surface area contributed by atoms with Crippen molar-refractivity contribution in [3.05, 3.63) is 64.7 Å². The molecule has 0 bridgehead atoms. The molecule has 0 aliphatic carbocycles. The summed E-state index contributed by atoms with van der Waals surface area (Å²) in [5, 5.41) is 3.13. The Balaban J connectivity index is 2.03. The first-order valence-electron chi connectivity index (χ1n) is 9.76. The average molecular weight is 368 g/mol. The van der Waals surface area contributed by atoms with Crippen molar-refractivity contribution < 1.29 is 9.53 Å². The lowest BCUT2D eigenvalue weighted by Gasteiger charge is -2.23. The Hall–Kier alpha value is -2.29. The zero-order chi connectivity index (χ0) is 20.2. The number of carbonyl (C=O) groups is 1. The van der Waals surface area contributed by atoms with Crippen molar-refractivity contribution in [2.75, 3.05) is 0 Å². The maximum absolute atomic E-state index is 12.7. The van der Waals surface area contributed by atoms with Crippen molar-refractivity contribution in [3.8, 4) is 5.75 Å². The van der Waals surface area contributed by atoms with E-state index in [0.29, 0.717) is 5.75 Å². The van der Waals surface area contributed by atoms with Crippen LogP contribution in [0, 0.1) is 13.8 Å². The molecule has 0 aliphatic rings. The molecule has 0 spiro atoms. The molecule has 0 saturated carbocycles. The second-order valence-electron chi connectivity index (χ2n) is 8.36. The van der Waals surface area contributed by atoms with Gasteiger partial charge in [0.2, 0.25) is 0 Å². The van der Waals surface area contributed by atoms with E-state index in [1.54, 1.807) is 6.92 Å². The predicted octanol–water partition coefficient (Wildman–Crippen LogP) is 5.64. The van der Waals surface area contributed by atoms with Gasteiger partial charge in [-0.25, -0.2) is 0 Å². The van der Waals surface area contributed by atoms with Gasteiger partial charge in [0.1, 0.15) is 5.75 Å². The third kappa shape index (κ3) is 5.59. The summed E-state index contributed by atoms with van der Waals surface area (Å²) >= 11 is 0. The monoisotopic (exact) mass is 367 g/mol. The highest BCUT2D eigenvalue weighted by atomic mass is 16.5. The second kappa shape index (κ2) is 8.60. The fourth-order valence-electron chi connectivity index (χ4n) is 3.20. The van der Waals surface area contributed by atoms with Crippen LogP contribution in [-0.2, 0) is 10.2 Å². The van der Waals surface area contributed by atoms with Crippen LogP contribution in [0.2, 0.25) is 0 Å². The van der Waals surface area contributed by atoms with Crippen LogP contribution in [-0.4, -0.2) is 12.0 Å². The molecule has 0 heterocycles. The molecule has 0 fully saturated rings. The number of hydrogen-bond acceptors (Lipinski definition) is 2. The molecule has 146 valence electrons. The van der Waals surface area contributed by atoms with Gasteiger partial charge < -0.3 is 10.1 Å². The second-order valence-corrected chi connectivity index (χ2v) is 8.36. The fraction of sp³-hybridized carbons (Fsp3) is 0.458. The highest BCUT2D eigenvalue weighted by Crippen LogP contribution is 2.25. The molecule has 2 aromatic carbocycles. The molecule has 2 aromatic rings. The quantitative estimate of drug-likeness (QED) is 0.718. The van der Waals surface area contributed by atoms with Crippen molar-refractivity contribution in [3.63, 3.8) is 0 Å². The third-order valence-corrected chi connectivity index (χ3v) is 4.93. The molecule has 3 heteroatoms. The van der Waals surface area contributed by atoms with E-state index >= 15 is 0 Å². The summed E-state index contributed by atoms with van der Waals surface area (Å²) in [6.45, 7) is 14.6. The van der Waals surface area contributed by atoms with Crippen LogP contribution in [0.4, 0.5) is 0 Å². The zero-order valence-corrected chi connectivity index (χ0v) is 17.7. The molecule has 2 atom stereocenters. The SMILES string of the molecule is CC[C@@H](NC(=O)[C@H](C)Oc1ccc(C(C)(C)C)cc1)c1ccc(C)cc1C. The van der Waals surface area contributed by atoms with Gasteiger partial charge in [0, 0.05) is 0 Å². The van der Waals surface area contributed by atoms with Crippen LogP contribution in [0.5, 0.6) is 5.75 Å². The summed E-state index contributed by atoms with van der Waals surface area (Å²) < 4.78 is 5.86. The molecule has 0 aromatic heterocycles. The van der Waals surface area contributed by atoms with Crippen molar-refractivity contribution >= 4 is 5.91 Å². The minimum Gasteiger partial charge on any atom is -0.481 e. The molecule has 27 heavy (non-hydrogen) atoms. The van der Waals surface area contributed by atoms with Crippen LogP contribution in [0.25, 0.3) is 0 Å². The minimum absolute atomic E-state index is 0.00702. The highest BCUT2D eigenvalue weighted by molar-refractivity contribution is 5.81. The molecule has 0 radical (unpaired) electrons. The number of benzene rings is 2. The van der Waals surface area contributed by atoms with Crippen LogP contribution >= 0.6 is 0 Å². The number of aryl methyl sites for hydroxylation is 2. The van der Waals surface area contributed by atoms with Gasteiger partial charge >= 0.3 is 0 Å². The first-order valence-corrected chi connectivity index (χ1v) is 9.76. The molecule has 0 unspecified atom stereocenters. The summed E-state index contributed by atoms with van der Waals surface area (Å²) in [4.78, 5) is 12.7. The van der Waals surface area contributed by atoms with Crippen LogP contribution < -0.4 is 10.1 Å². The van der Waals surface area contributed by atoms with Crippen LogP contribution in [0.3, 0.4) is 0 Å². The summed E-state index contributed by atoms with van der Waals surface area (Å²) in [6, 6.07) is 14.3. The summed E-state index contributed by atoms with van der Waals surface area (Å²) in [5.74, 6) is 0.618. The van der Waals surface area contributed by atoms with Gasteiger partial charge in [-0.2, -0.15) is 0 Å².